The van der Waals surface area contributed by atoms with Crippen LogP contribution in [0, 0.1) is 6.92 Å². The largest absolute Gasteiger partial charge is 0.335 e. The molecule has 0 spiro atoms. The number of amides is 2. The zero-order valence-corrected chi connectivity index (χ0v) is 21.2. The van der Waals surface area contributed by atoms with Crippen LogP contribution in [0.15, 0.2) is 53.8 Å². The molecule has 34 heavy (non-hydrogen) atoms. The van der Waals surface area contributed by atoms with Gasteiger partial charge in [0.25, 0.3) is 10.0 Å². The number of benzene rings is 1. The smallest absolute Gasteiger partial charge is 0.317 e. The monoisotopic (exact) mass is 596 g/mol. The predicted molar refractivity (Wildman–Crippen MR) is 134 cm³/mol. The van der Waals surface area contributed by atoms with E-state index in [1.165, 1.54) is 10.2 Å². The molecule has 1 saturated heterocycles. The molecule has 1 N–H and O–H groups in total. The number of aromatic nitrogens is 4. The molecule has 0 saturated carbocycles. The van der Waals surface area contributed by atoms with Crippen molar-refractivity contribution in [1.29, 1.82) is 0 Å². The topological polar surface area (TPSA) is 102 Å². The van der Waals surface area contributed by atoms with Gasteiger partial charge in [-0.25, -0.2) is 31.5 Å². The zero-order chi connectivity index (χ0) is 24.0. The second kappa shape index (κ2) is 8.80. The Morgan fingerprint density at radius 1 is 1.18 bits per heavy atom. The molecule has 1 fully saturated rings. The number of fused-ring (bicyclic) bond motifs is 3. The van der Waals surface area contributed by atoms with Crippen molar-refractivity contribution in [3.8, 4) is 0 Å². The van der Waals surface area contributed by atoms with Crippen molar-refractivity contribution in [2.75, 3.05) is 26.3 Å². The third-order valence-electron chi connectivity index (χ3n) is 6.03. The fourth-order valence-electron chi connectivity index (χ4n) is 4.30. The van der Waals surface area contributed by atoms with Crippen molar-refractivity contribution in [2.24, 2.45) is 0 Å². The van der Waals surface area contributed by atoms with Crippen molar-refractivity contribution in [1.82, 2.24) is 28.6 Å². The van der Waals surface area contributed by atoms with Gasteiger partial charge in [-0.3, -0.25) is 4.40 Å². The number of nitrogens with one attached hydrogen (secondary N) is 1. The quantitative estimate of drug-likeness (QED) is 0.282. The van der Waals surface area contributed by atoms with E-state index in [2.05, 4.69) is 37.9 Å². The normalized spacial score (nSPS) is 18.7. The number of hydrogen-bond acceptors (Lipinski definition) is 5. The minimum absolute atomic E-state index is 0.0171. The molecule has 9 nitrogen and oxygen atoms in total. The number of rotatable bonds is 5. The summed E-state index contributed by atoms with van der Waals surface area (Å²) in [6.07, 6.45) is 4.81. The van der Waals surface area contributed by atoms with Crippen LogP contribution in [-0.2, 0) is 10.0 Å². The molecular weight excluding hydrogens is 574 g/mol. The molecule has 0 unspecified atom stereocenters. The van der Waals surface area contributed by atoms with E-state index in [-0.39, 0.29) is 27.3 Å². The number of halogens is 2. The van der Waals surface area contributed by atoms with E-state index in [1.54, 1.807) is 47.6 Å². The van der Waals surface area contributed by atoms with Crippen LogP contribution in [-0.4, -0.2) is 67.9 Å². The van der Waals surface area contributed by atoms with E-state index in [0.717, 1.165) is 11.3 Å². The number of aryl methyl sites for hydroxylation is 1. The lowest BCUT2D eigenvalue weighted by Crippen LogP contribution is -2.39. The predicted octanol–water partition coefficient (Wildman–Crippen LogP) is 3.11. The Balaban J connectivity index is 1.56. The molecule has 1 aliphatic heterocycles. The summed E-state index contributed by atoms with van der Waals surface area (Å²) in [7, 11) is -3.84. The van der Waals surface area contributed by atoms with Gasteiger partial charge in [-0.05, 0) is 25.1 Å². The molecular formula is C22H22FIN6O3S. The molecule has 2 amide bonds. The number of likely N-dealkylation sites (tertiary alicyclic amines) is 1. The van der Waals surface area contributed by atoms with Gasteiger partial charge in [0.1, 0.15) is 6.67 Å². The Hall–Kier alpha value is -2.74. The Morgan fingerprint density at radius 3 is 2.68 bits per heavy atom. The first-order valence-corrected chi connectivity index (χ1v) is 13.4. The molecule has 5 rings (SSSR count). The number of imidazole rings is 1. The Labute approximate surface area is 209 Å². The van der Waals surface area contributed by atoms with E-state index in [9.17, 15) is 17.6 Å². The maximum absolute atomic E-state index is 13.3. The maximum atomic E-state index is 13.3. The van der Waals surface area contributed by atoms with Crippen LogP contribution in [0.4, 0.5) is 9.18 Å². The van der Waals surface area contributed by atoms with Crippen LogP contribution in [0.25, 0.3) is 16.8 Å². The zero-order valence-electron chi connectivity index (χ0n) is 18.2. The Morgan fingerprint density at radius 2 is 1.94 bits per heavy atom. The van der Waals surface area contributed by atoms with Crippen molar-refractivity contribution in [2.45, 2.75) is 21.7 Å². The van der Waals surface area contributed by atoms with Crippen LogP contribution >= 0.6 is 22.6 Å². The first kappa shape index (κ1) is 23.0. The van der Waals surface area contributed by atoms with Gasteiger partial charge in [-0.1, -0.05) is 40.3 Å². The third-order valence-corrected chi connectivity index (χ3v) is 8.97. The summed E-state index contributed by atoms with van der Waals surface area (Å²) in [5.41, 5.74) is 3.35. The minimum Gasteiger partial charge on any atom is -0.335 e. The van der Waals surface area contributed by atoms with Crippen LogP contribution in [0.5, 0.6) is 0 Å². The lowest BCUT2D eigenvalue weighted by Gasteiger charge is -2.16. The molecule has 4 aromatic rings. The molecule has 3 aromatic heterocycles. The first-order valence-electron chi connectivity index (χ1n) is 10.7. The molecule has 1 aliphatic rings. The van der Waals surface area contributed by atoms with Gasteiger partial charge in [0.05, 0.1) is 16.6 Å². The van der Waals surface area contributed by atoms with Crippen molar-refractivity contribution in [3.05, 3.63) is 60.2 Å². The van der Waals surface area contributed by atoms with Crippen LogP contribution in [0.1, 0.15) is 17.2 Å². The second-order valence-electron chi connectivity index (χ2n) is 8.22. The highest BCUT2D eigenvalue weighted by Gasteiger charge is 2.36. The van der Waals surface area contributed by atoms with Gasteiger partial charge >= 0.3 is 6.03 Å². The van der Waals surface area contributed by atoms with Gasteiger partial charge in [0.15, 0.2) is 11.3 Å². The maximum Gasteiger partial charge on any atom is 0.317 e. The number of urea groups is 1. The molecule has 0 aliphatic carbocycles. The lowest BCUT2D eigenvalue weighted by molar-refractivity contribution is 0.207. The molecule has 0 radical (unpaired) electrons. The lowest BCUT2D eigenvalue weighted by atomic mass is 10.1. The van der Waals surface area contributed by atoms with Gasteiger partial charge < -0.3 is 10.2 Å². The summed E-state index contributed by atoms with van der Waals surface area (Å²) in [4.78, 5) is 23.1. The summed E-state index contributed by atoms with van der Waals surface area (Å²) in [6, 6.07) is 8.11. The summed E-state index contributed by atoms with van der Waals surface area (Å²) >= 11 is 2.31. The number of alkyl halides is 2. The highest BCUT2D eigenvalue weighted by molar-refractivity contribution is 14.1. The van der Waals surface area contributed by atoms with Crippen LogP contribution in [0.2, 0.25) is 0 Å². The van der Waals surface area contributed by atoms with E-state index in [4.69, 9.17) is 0 Å². The first-order chi connectivity index (χ1) is 16.3. The van der Waals surface area contributed by atoms with E-state index >= 15 is 0 Å². The highest BCUT2D eigenvalue weighted by atomic mass is 127. The summed E-state index contributed by atoms with van der Waals surface area (Å²) < 4.78 is 42.3. The molecule has 178 valence electrons. The molecule has 1 aromatic carbocycles. The third kappa shape index (κ3) is 3.82. The Bertz CT molecular complexity index is 1480. The minimum atomic E-state index is -3.84. The summed E-state index contributed by atoms with van der Waals surface area (Å²) in [6.45, 7) is 2.24. The summed E-state index contributed by atoms with van der Waals surface area (Å²) in [5.74, 6) is -0.0330. The van der Waals surface area contributed by atoms with E-state index < -0.39 is 16.7 Å². The Kier molecular flexibility index (Phi) is 5.96. The van der Waals surface area contributed by atoms with Crippen molar-refractivity contribution in [3.63, 3.8) is 0 Å². The highest BCUT2D eigenvalue weighted by Crippen LogP contribution is 2.34. The fraction of sp³-hybridized carbons (Fsp3) is 0.318. The molecule has 12 heteroatoms. The van der Waals surface area contributed by atoms with Gasteiger partial charge in [-0.15, -0.1) is 0 Å². The SMILES string of the molecule is Cc1ccc(S(=O)(=O)n2ccc3c2ncc2ncc([C@H]4CN(C(=O)NCCF)C[C@H]4I)n23)cc1. The van der Waals surface area contributed by atoms with Crippen LogP contribution < -0.4 is 5.32 Å². The molecule has 4 heterocycles. The average molecular weight is 596 g/mol. The van der Waals surface area contributed by atoms with Gasteiger partial charge in [0, 0.05) is 47.6 Å². The van der Waals surface area contributed by atoms with Gasteiger partial charge in [0.2, 0.25) is 0 Å². The van der Waals surface area contributed by atoms with Gasteiger partial charge in [-0.2, -0.15) is 0 Å². The standard InChI is InChI=1S/C22H22FIN6O3S/c1-14-2-4-15(5-3-14)34(32,33)29-9-6-18-21(29)27-11-20-26-10-19(30(18)20)16-12-28(13-17(16)24)22(31)25-8-7-23/h2-6,9-11,16-17H,7-8,12-13H2,1H3,(H,25,31)/t16-,17+/m0/s1. The van der Waals surface area contributed by atoms with E-state index in [0.29, 0.717) is 29.9 Å². The number of carbonyl (C=O) groups excluding carboxylic acids is 1. The second-order valence-corrected chi connectivity index (χ2v) is 11.6. The van der Waals surface area contributed by atoms with E-state index in [1.807, 2.05) is 11.3 Å². The number of hydrogen-bond donors (Lipinski definition) is 1. The molecule has 2 atom stereocenters. The number of nitrogens with zero attached hydrogens (tertiary/aromatic N) is 5. The van der Waals surface area contributed by atoms with Crippen molar-refractivity contribution < 1.29 is 17.6 Å². The number of carbonyl (C=O) groups is 1. The summed E-state index contributed by atoms with van der Waals surface area (Å²) in [5, 5.41) is 2.57. The van der Waals surface area contributed by atoms with Crippen LogP contribution in [0.3, 0.4) is 0 Å². The molecule has 0 bridgehead atoms. The average Bonchev–Trinajstić information content (AvgIpc) is 3.53. The van der Waals surface area contributed by atoms with Crippen molar-refractivity contribution >= 4 is 55.5 Å². The fourth-order valence-corrected chi connectivity index (χ4v) is 6.67.